The van der Waals surface area contributed by atoms with Crippen LogP contribution in [0.25, 0.3) is 0 Å². The maximum Gasteiger partial charge on any atom is 0.328 e. The lowest BCUT2D eigenvalue weighted by molar-refractivity contribution is -0.269. The standard InChI is InChI=1S/C25H39N3O12/c1-4-11-37-20(33)9-6-16(24(36)38-12-5-2)28-19(32)8-7-18(31)26-10-13-39-25-21(27-15(3)30)23(35)22(34)17(14-29)40-25/h4-5,16-17,21-23,25,29,34-35H,1-2,6-14H2,3H3,(H,26,31)(H,27,30)(H,28,32)/t16-,17+,21+,22-,23+,25+/m0/s1. The molecule has 1 aliphatic rings. The summed E-state index contributed by atoms with van der Waals surface area (Å²) in [7, 11) is 0. The van der Waals surface area contributed by atoms with E-state index in [-0.39, 0.29) is 52.0 Å². The van der Waals surface area contributed by atoms with Gasteiger partial charge in [0, 0.05) is 32.7 Å². The zero-order valence-corrected chi connectivity index (χ0v) is 22.4. The van der Waals surface area contributed by atoms with Crippen molar-refractivity contribution < 1.29 is 58.2 Å². The molecule has 1 heterocycles. The van der Waals surface area contributed by atoms with Gasteiger partial charge in [-0.3, -0.25) is 19.2 Å². The van der Waals surface area contributed by atoms with Gasteiger partial charge in [0.1, 0.15) is 43.6 Å². The zero-order valence-electron chi connectivity index (χ0n) is 22.4. The fourth-order valence-electron chi connectivity index (χ4n) is 3.54. The number of esters is 2. The molecule has 1 aliphatic heterocycles. The first kappa shape index (κ1) is 34.7. The molecule has 0 unspecified atom stereocenters. The minimum Gasteiger partial charge on any atom is -0.461 e. The highest BCUT2D eigenvalue weighted by atomic mass is 16.7. The molecule has 0 aromatic carbocycles. The van der Waals surface area contributed by atoms with E-state index in [1.54, 1.807) is 0 Å². The van der Waals surface area contributed by atoms with Crippen molar-refractivity contribution in [2.75, 3.05) is 33.0 Å². The molecular weight excluding hydrogens is 534 g/mol. The molecular formula is C25H39N3O12. The van der Waals surface area contributed by atoms with Gasteiger partial charge in [-0.1, -0.05) is 25.3 Å². The summed E-state index contributed by atoms with van der Waals surface area (Å²) < 4.78 is 20.7. The van der Waals surface area contributed by atoms with E-state index in [0.717, 1.165) is 0 Å². The quantitative estimate of drug-likeness (QED) is 0.0573. The molecule has 3 amide bonds. The van der Waals surface area contributed by atoms with Crippen molar-refractivity contribution in [1.82, 2.24) is 16.0 Å². The number of ether oxygens (including phenoxy) is 4. The SMILES string of the molecule is C=CCOC(=O)CC[C@H](NC(=O)CCC(=O)NCCO[C@@H]1O[C@H](CO)[C@H](O)[C@H](O)[C@H]1NC(C)=O)C(=O)OCC=C. The first-order chi connectivity index (χ1) is 19.0. The van der Waals surface area contributed by atoms with E-state index < -0.39 is 73.0 Å². The van der Waals surface area contributed by atoms with Crippen LogP contribution in [0.2, 0.25) is 0 Å². The Morgan fingerprint density at radius 1 is 0.975 bits per heavy atom. The molecule has 0 aliphatic carbocycles. The molecule has 1 fully saturated rings. The fraction of sp³-hybridized carbons (Fsp3) is 0.640. The van der Waals surface area contributed by atoms with E-state index >= 15 is 0 Å². The van der Waals surface area contributed by atoms with Crippen LogP contribution in [0.4, 0.5) is 0 Å². The summed E-state index contributed by atoms with van der Waals surface area (Å²) in [6.07, 6.45) is -3.28. The molecule has 0 aromatic rings. The van der Waals surface area contributed by atoms with E-state index in [2.05, 4.69) is 29.1 Å². The van der Waals surface area contributed by atoms with Gasteiger partial charge < -0.3 is 50.2 Å². The molecule has 40 heavy (non-hydrogen) atoms. The van der Waals surface area contributed by atoms with Crippen LogP contribution in [-0.4, -0.2) is 115 Å². The Balaban J connectivity index is 2.50. The summed E-state index contributed by atoms with van der Waals surface area (Å²) in [5.41, 5.74) is 0. The highest BCUT2D eigenvalue weighted by Gasteiger charge is 2.45. The minimum absolute atomic E-state index is 0.00867. The molecule has 15 nitrogen and oxygen atoms in total. The molecule has 0 aromatic heterocycles. The molecule has 15 heteroatoms. The van der Waals surface area contributed by atoms with E-state index in [4.69, 9.17) is 18.9 Å². The predicted octanol–water partition coefficient (Wildman–Crippen LogP) is -2.43. The normalized spacial score (nSPS) is 22.8. The van der Waals surface area contributed by atoms with Crippen LogP contribution in [0, 0.1) is 0 Å². The first-order valence-electron chi connectivity index (χ1n) is 12.6. The monoisotopic (exact) mass is 573 g/mol. The van der Waals surface area contributed by atoms with Gasteiger partial charge in [0.25, 0.3) is 0 Å². The van der Waals surface area contributed by atoms with Crippen molar-refractivity contribution in [3.63, 3.8) is 0 Å². The Morgan fingerprint density at radius 3 is 2.25 bits per heavy atom. The van der Waals surface area contributed by atoms with Gasteiger partial charge >= 0.3 is 11.9 Å². The average Bonchev–Trinajstić information content (AvgIpc) is 2.92. The van der Waals surface area contributed by atoms with Gasteiger partial charge in [-0.05, 0) is 6.42 Å². The third-order valence-corrected chi connectivity index (χ3v) is 5.50. The van der Waals surface area contributed by atoms with Crippen molar-refractivity contribution in [2.45, 2.75) is 69.3 Å². The van der Waals surface area contributed by atoms with Crippen LogP contribution in [0.15, 0.2) is 25.3 Å². The summed E-state index contributed by atoms with van der Waals surface area (Å²) in [5.74, 6) is -3.00. The summed E-state index contributed by atoms with van der Waals surface area (Å²) in [6.45, 7) is 7.24. The van der Waals surface area contributed by atoms with Crippen molar-refractivity contribution >= 4 is 29.7 Å². The Kier molecular flexibility index (Phi) is 16.3. The molecule has 6 atom stereocenters. The molecule has 6 N–H and O–H groups in total. The van der Waals surface area contributed by atoms with Crippen molar-refractivity contribution in [2.24, 2.45) is 0 Å². The third-order valence-electron chi connectivity index (χ3n) is 5.50. The number of aliphatic hydroxyl groups excluding tert-OH is 3. The molecule has 0 spiro atoms. The zero-order chi connectivity index (χ0) is 30.1. The smallest absolute Gasteiger partial charge is 0.328 e. The summed E-state index contributed by atoms with van der Waals surface area (Å²) in [6, 6.07) is -2.26. The first-order valence-corrected chi connectivity index (χ1v) is 12.6. The number of rotatable bonds is 18. The molecule has 0 bridgehead atoms. The number of carbonyl (C=O) groups excluding carboxylic acids is 5. The van der Waals surface area contributed by atoms with E-state index in [1.165, 1.54) is 19.1 Å². The second-order valence-electron chi connectivity index (χ2n) is 8.70. The molecule has 1 saturated heterocycles. The lowest BCUT2D eigenvalue weighted by Gasteiger charge is -2.42. The number of hydrogen-bond donors (Lipinski definition) is 6. The van der Waals surface area contributed by atoms with Crippen LogP contribution in [0.1, 0.15) is 32.6 Å². The maximum atomic E-state index is 12.3. The molecule has 0 radical (unpaired) electrons. The van der Waals surface area contributed by atoms with Crippen molar-refractivity contribution in [3.05, 3.63) is 25.3 Å². The number of carbonyl (C=O) groups is 5. The predicted molar refractivity (Wildman–Crippen MR) is 137 cm³/mol. The molecule has 1 rings (SSSR count). The Bertz CT molecular complexity index is 883. The lowest BCUT2D eigenvalue weighted by atomic mass is 9.97. The highest BCUT2D eigenvalue weighted by molar-refractivity contribution is 5.87. The van der Waals surface area contributed by atoms with E-state index in [0.29, 0.717) is 0 Å². The Morgan fingerprint density at radius 2 is 1.62 bits per heavy atom. The van der Waals surface area contributed by atoms with Crippen LogP contribution in [-0.2, 0) is 42.9 Å². The van der Waals surface area contributed by atoms with Gasteiger partial charge in [-0.25, -0.2) is 4.79 Å². The Labute approximate surface area is 231 Å². The minimum atomic E-state index is -1.47. The third kappa shape index (κ3) is 12.7. The number of hydrogen-bond acceptors (Lipinski definition) is 12. The van der Waals surface area contributed by atoms with Gasteiger partial charge in [-0.2, -0.15) is 0 Å². The van der Waals surface area contributed by atoms with Crippen molar-refractivity contribution in [3.8, 4) is 0 Å². The van der Waals surface area contributed by atoms with Gasteiger partial charge in [0.15, 0.2) is 6.29 Å². The summed E-state index contributed by atoms with van der Waals surface area (Å²) in [4.78, 5) is 59.9. The van der Waals surface area contributed by atoms with E-state index in [1.807, 2.05) is 0 Å². The van der Waals surface area contributed by atoms with Gasteiger partial charge in [0.2, 0.25) is 17.7 Å². The van der Waals surface area contributed by atoms with Crippen LogP contribution >= 0.6 is 0 Å². The van der Waals surface area contributed by atoms with E-state index in [9.17, 15) is 39.3 Å². The fourth-order valence-corrected chi connectivity index (χ4v) is 3.54. The summed E-state index contributed by atoms with van der Waals surface area (Å²) >= 11 is 0. The largest absolute Gasteiger partial charge is 0.461 e. The number of aliphatic hydroxyl groups is 3. The van der Waals surface area contributed by atoms with Crippen molar-refractivity contribution in [1.29, 1.82) is 0 Å². The molecule has 226 valence electrons. The van der Waals surface area contributed by atoms with Crippen LogP contribution < -0.4 is 16.0 Å². The Hall–Kier alpha value is -3.37. The number of nitrogens with one attached hydrogen (secondary N) is 3. The maximum absolute atomic E-state index is 12.3. The molecule has 0 saturated carbocycles. The van der Waals surface area contributed by atoms with Gasteiger partial charge in [-0.15, -0.1) is 0 Å². The second-order valence-corrected chi connectivity index (χ2v) is 8.70. The van der Waals surface area contributed by atoms with Gasteiger partial charge in [0.05, 0.1) is 13.2 Å². The van der Waals surface area contributed by atoms with Crippen LogP contribution in [0.3, 0.4) is 0 Å². The topological polar surface area (TPSA) is 219 Å². The lowest BCUT2D eigenvalue weighted by Crippen LogP contribution is -2.64. The summed E-state index contributed by atoms with van der Waals surface area (Å²) in [5, 5.41) is 37.0. The van der Waals surface area contributed by atoms with Crippen LogP contribution in [0.5, 0.6) is 0 Å². The highest BCUT2D eigenvalue weighted by Crippen LogP contribution is 2.22. The average molecular weight is 574 g/mol. The second kappa shape index (κ2) is 18.8. The number of amides is 3.